The van der Waals surface area contributed by atoms with Crippen LogP contribution in [0.2, 0.25) is 0 Å². The number of fused-ring (bicyclic) bond motifs is 1. The third-order valence-electron chi connectivity index (χ3n) is 5.47. The van der Waals surface area contributed by atoms with Gasteiger partial charge in [-0.1, -0.05) is 55.8 Å². The molecule has 6 nitrogen and oxygen atoms in total. The fourth-order valence-electron chi connectivity index (χ4n) is 3.83. The average molecular weight is 402 g/mol. The number of hydrogen-bond acceptors (Lipinski definition) is 3. The van der Waals surface area contributed by atoms with Gasteiger partial charge in [-0.3, -0.25) is 9.36 Å². The molecule has 0 atom stereocenters. The van der Waals surface area contributed by atoms with E-state index in [-0.39, 0.29) is 11.2 Å². The summed E-state index contributed by atoms with van der Waals surface area (Å²) in [5, 5.41) is 0. The molecule has 4 rings (SSSR count). The molecule has 0 N–H and O–H groups in total. The van der Waals surface area contributed by atoms with E-state index in [0.29, 0.717) is 35.9 Å². The summed E-state index contributed by atoms with van der Waals surface area (Å²) in [6, 6.07) is 16.0. The van der Waals surface area contributed by atoms with Crippen LogP contribution >= 0.6 is 0 Å². The zero-order chi connectivity index (χ0) is 21.4. The quantitative estimate of drug-likeness (QED) is 0.509. The molecule has 30 heavy (non-hydrogen) atoms. The highest BCUT2D eigenvalue weighted by atomic mass is 16.2. The van der Waals surface area contributed by atoms with E-state index in [9.17, 15) is 9.59 Å². The van der Waals surface area contributed by atoms with E-state index in [4.69, 9.17) is 0 Å². The second-order valence-electron chi connectivity index (χ2n) is 7.95. The van der Waals surface area contributed by atoms with Crippen LogP contribution in [0, 0.1) is 6.92 Å². The van der Waals surface area contributed by atoms with Crippen molar-refractivity contribution in [2.24, 2.45) is 0 Å². The maximum atomic E-state index is 13.1. The van der Waals surface area contributed by atoms with E-state index in [1.54, 1.807) is 6.33 Å². The SMILES string of the molecule is CCn1c(=O)c2c(ncn2Cc2cccc(C)c2)n(-c2ccc(C(C)C)cc2)c1=O. The molecule has 0 aliphatic rings. The number of aromatic nitrogens is 4. The summed E-state index contributed by atoms with van der Waals surface area (Å²) in [6.07, 6.45) is 1.65. The summed E-state index contributed by atoms with van der Waals surface area (Å²) in [5.74, 6) is 0.397. The highest BCUT2D eigenvalue weighted by Gasteiger charge is 2.18. The Balaban J connectivity index is 1.94. The van der Waals surface area contributed by atoms with Gasteiger partial charge in [0.25, 0.3) is 5.56 Å². The van der Waals surface area contributed by atoms with Crippen molar-refractivity contribution >= 4 is 11.2 Å². The van der Waals surface area contributed by atoms with Crippen LogP contribution in [-0.2, 0) is 13.1 Å². The molecule has 2 aromatic heterocycles. The predicted molar refractivity (Wildman–Crippen MR) is 120 cm³/mol. The van der Waals surface area contributed by atoms with Crippen molar-refractivity contribution in [3.63, 3.8) is 0 Å². The van der Waals surface area contributed by atoms with Crippen molar-refractivity contribution in [1.29, 1.82) is 0 Å². The van der Waals surface area contributed by atoms with Gasteiger partial charge in [-0.15, -0.1) is 0 Å². The van der Waals surface area contributed by atoms with Gasteiger partial charge in [0.1, 0.15) is 0 Å². The molecule has 154 valence electrons. The molecular formula is C24H26N4O2. The summed E-state index contributed by atoms with van der Waals surface area (Å²) in [5.41, 5.74) is 4.28. The van der Waals surface area contributed by atoms with Crippen LogP contribution in [0.5, 0.6) is 0 Å². The molecule has 0 spiro atoms. The Labute approximate surface area is 175 Å². The van der Waals surface area contributed by atoms with Crippen LogP contribution in [-0.4, -0.2) is 18.7 Å². The van der Waals surface area contributed by atoms with E-state index < -0.39 is 0 Å². The Bertz CT molecular complexity index is 1320. The van der Waals surface area contributed by atoms with E-state index in [0.717, 1.165) is 11.1 Å². The molecule has 2 heterocycles. The minimum atomic E-state index is -0.367. The lowest BCUT2D eigenvalue weighted by Crippen LogP contribution is -2.39. The van der Waals surface area contributed by atoms with Gasteiger partial charge in [-0.25, -0.2) is 14.3 Å². The molecule has 4 aromatic rings. The fourth-order valence-corrected chi connectivity index (χ4v) is 3.83. The van der Waals surface area contributed by atoms with Gasteiger partial charge in [0.2, 0.25) is 0 Å². The Morgan fingerprint density at radius 3 is 2.40 bits per heavy atom. The van der Waals surface area contributed by atoms with E-state index in [1.165, 1.54) is 14.7 Å². The second kappa shape index (κ2) is 7.78. The average Bonchev–Trinajstić information content (AvgIpc) is 3.12. The first-order chi connectivity index (χ1) is 14.4. The first kappa shape index (κ1) is 19.9. The van der Waals surface area contributed by atoms with Gasteiger partial charge in [0.15, 0.2) is 11.2 Å². The van der Waals surface area contributed by atoms with Crippen molar-refractivity contribution in [2.45, 2.75) is 46.7 Å². The molecule has 0 aliphatic carbocycles. The van der Waals surface area contributed by atoms with Crippen molar-refractivity contribution in [3.8, 4) is 5.69 Å². The molecule has 0 unspecified atom stereocenters. The van der Waals surface area contributed by atoms with E-state index >= 15 is 0 Å². The van der Waals surface area contributed by atoms with Crippen LogP contribution in [0.15, 0.2) is 64.4 Å². The van der Waals surface area contributed by atoms with Gasteiger partial charge in [-0.05, 0) is 43.0 Å². The summed E-state index contributed by atoms with van der Waals surface area (Å²) in [7, 11) is 0. The van der Waals surface area contributed by atoms with Crippen LogP contribution in [0.4, 0.5) is 0 Å². The van der Waals surface area contributed by atoms with Gasteiger partial charge >= 0.3 is 5.69 Å². The molecule has 6 heteroatoms. The smallest absolute Gasteiger partial charge is 0.320 e. The fraction of sp³-hybridized carbons (Fsp3) is 0.292. The number of rotatable bonds is 5. The van der Waals surface area contributed by atoms with Crippen molar-refractivity contribution in [3.05, 3.63) is 92.4 Å². The first-order valence-electron chi connectivity index (χ1n) is 10.3. The zero-order valence-corrected chi connectivity index (χ0v) is 17.8. The highest BCUT2D eigenvalue weighted by Crippen LogP contribution is 2.19. The molecule has 0 saturated carbocycles. The highest BCUT2D eigenvalue weighted by molar-refractivity contribution is 5.72. The molecule has 0 saturated heterocycles. The molecule has 0 aliphatic heterocycles. The number of aryl methyl sites for hydroxylation is 1. The minimum absolute atomic E-state index is 0.299. The monoisotopic (exact) mass is 402 g/mol. The number of nitrogens with zero attached hydrogens (tertiary/aromatic N) is 4. The van der Waals surface area contributed by atoms with E-state index in [2.05, 4.69) is 24.9 Å². The molecule has 2 aromatic carbocycles. The number of hydrogen-bond donors (Lipinski definition) is 0. The normalized spacial score (nSPS) is 11.5. The van der Waals surface area contributed by atoms with Gasteiger partial charge in [0.05, 0.1) is 12.0 Å². The molecule has 0 radical (unpaired) electrons. The molecule has 0 amide bonds. The molecule has 0 fully saturated rings. The van der Waals surface area contributed by atoms with Gasteiger partial charge in [0, 0.05) is 13.1 Å². The summed E-state index contributed by atoms with van der Waals surface area (Å²) < 4.78 is 4.64. The maximum Gasteiger partial charge on any atom is 0.337 e. The third-order valence-corrected chi connectivity index (χ3v) is 5.47. The zero-order valence-electron chi connectivity index (χ0n) is 17.8. The van der Waals surface area contributed by atoms with Gasteiger partial charge < -0.3 is 4.57 Å². The Morgan fingerprint density at radius 2 is 1.77 bits per heavy atom. The van der Waals surface area contributed by atoms with Crippen LogP contribution in [0.25, 0.3) is 16.9 Å². The second-order valence-corrected chi connectivity index (χ2v) is 7.95. The Morgan fingerprint density at radius 1 is 1.03 bits per heavy atom. The van der Waals surface area contributed by atoms with Crippen molar-refractivity contribution < 1.29 is 0 Å². The predicted octanol–water partition coefficient (Wildman–Crippen LogP) is 3.85. The Kier molecular flexibility index (Phi) is 5.16. The minimum Gasteiger partial charge on any atom is -0.320 e. The lowest BCUT2D eigenvalue weighted by molar-refractivity contribution is 0.655. The summed E-state index contributed by atoms with van der Waals surface area (Å²) >= 11 is 0. The maximum absolute atomic E-state index is 13.1. The lowest BCUT2D eigenvalue weighted by Gasteiger charge is -2.13. The summed E-state index contributed by atoms with van der Waals surface area (Å²) in [6.45, 7) is 8.92. The standard InChI is InChI=1S/C24H26N4O2/c1-5-27-23(29)21-22(25-15-26(21)14-18-8-6-7-17(4)13-18)28(24(27)30)20-11-9-19(10-12-20)16(2)3/h6-13,15-16H,5,14H2,1-4H3. The Hall–Kier alpha value is -3.41. The van der Waals surface area contributed by atoms with Crippen LogP contribution in [0.3, 0.4) is 0 Å². The first-order valence-corrected chi connectivity index (χ1v) is 10.3. The van der Waals surface area contributed by atoms with E-state index in [1.807, 2.05) is 60.9 Å². The molecule has 0 bridgehead atoms. The van der Waals surface area contributed by atoms with Gasteiger partial charge in [-0.2, -0.15) is 0 Å². The van der Waals surface area contributed by atoms with Crippen LogP contribution < -0.4 is 11.2 Å². The topological polar surface area (TPSA) is 61.8 Å². The van der Waals surface area contributed by atoms with Crippen molar-refractivity contribution in [1.82, 2.24) is 18.7 Å². The molecular weight excluding hydrogens is 376 g/mol. The lowest BCUT2D eigenvalue weighted by atomic mass is 10.0. The number of benzene rings is 2. The van der Waals surface area contributed by atoms with Crippen molar-refractivity contribution in [2.75, 3.05) is 0 Å². The largest absolute Gasteiger partial charge is 0.337 e. The summed E-state index contributed by atoms with van der Waals surface area (Å²) in [4.78, 5) is 30.8. The number of imidazole rings is 1. The van der Waals surface area contributed by atoms with Crippen LogP contribution in [0.1, 0.15) is 43.4 Å². The third kappa shape index (κ3) is 3.38.